The molecule has 3 aromatic rings. The second kappa shape index (κ2) is 7.46. The number of anilines is 2. The van der Waals surface area contributed by atoms with Gasteiger partial charge in [-0.15, -0.1) is 0 Å². The lowest BCUT2D eigenvalue weighted by molar-refractivity contribution is -0.124. The predicted octanol–water partition coefficient (Wildman–Crippen LogP) is 3.58. The highest BCUT2D eigenvalue weighted by Crippen LogP contribution is 2.31. The number of hydrogen-bond acceptors (Lipinski definition) is 5. The Labute approximate surface area is 164 Å². The third-order valence-corrected chi connectivity index (χ3v) is 4.94. The maximum absolute atomic E-state index is 13.3. The van der Waals surface area contributed by atoms with Crippen molar-refractivity contribution in [1.82, 2.24) is 9.97 Å². The predicted molar refractivity (Wildman–Crippen MR) is 111 cm³/mol. The second-order valence-corrected chi connectivity index (χ2v) is 7.20. The molecule has 4 rings (SSSR count). The molecule has 0 aliphatic carbocycles. The molecule has 2 heterocycles. The molecule has 1 atom stereocenters. The average Bonchev–Trinajstić information content (AvgIpc) is 2.84. The topological polar surface area (TPSA) is 58.6 Å². The summed E-state index contributed by atoms with van der Waals surface area (Å²) in [5.41, 5.74) is 2.70. The van der Waals surface area contributed by atoms with Crippen LogP contribution in [0.25, 0.3) is 11.0 Å². The maximum atomic E-state index is 13.3. The lowest BCUT2D eigenvalue weighted by atomic mass is 10.2. The van der Waals surface area contributed by atoms with Gasteiger partial charge >= 0.3 is 0 Å². The van der Waals surface area contributed by atoms with Gasteiger partial charge in [0.2, 0.25) is 0 Å². The number of amides is 1. The Morgan fingerprint density at radius 2 is 1.75 bits per heavy atom. The van der Waals surface area contributed by atoms with Gasteiger partial charge in [-0.25, -0.2) is 9.97 Å². The molecular formula is C22H24N4O2. The summed E-state index contributed by atoms with van der Waals surface area (Å²) < 4.78 is 5.93. The molecule has 144 valence electrons. The fraction of sp³-hybridized carbons (Fsp3) is 0.318. The highest BCUT2D eigenvalue weighted by Gasteiger charge is 2.30. The summed E-state index contributed by atoms with van der Waals surface area (Å²) in [6.45, 7) is 5.19. The van der Waals surface area contributed by atoms with Gasteiger partial charge in [0.25, 0.3) is 5.91 Å². The molecule has 0 saturated heterocycles. The number of ether oxygens (including phenoxy) is 1. The summed E-state index contributed by atoms with van der Waals surface area (Å²) in [6, 6.07) is 15.5. The van der Waals surface area contributed by atoms with Gasteiger partial charge in [0.1, 0.15) is 5.75 Å². The standard InChI is InChI=1S/C22H24N4O2/c1-15-8-6-9-17(14-15)28-16(2)22(27)26-13-7-12-25(3)20-21(26)24-19-11-5-4-10-18(19)23-20/h4-6,8-11,14,16H,7,12-13H2,1-3H3/t16-/m0/s1. The molecule has 0 N–H and O–H groups in total. The molecule has 0 spiro atoms. The fourth-order valence-electron chi connectivity index (χ4n) is 3.47. The molecule has 0 bridgehead atoms. The van der Waals surface area contributed by atoms with E-state index >= 15 is 0 Å². The minimum absolute atomic E-state index is 0.109. The zero-order valence-corrected chi connectivity index (χ0v) is 16.4. The molecule has 1 aromatic heterocycles. The van der Waals surface area contributed by atoms with E-state index in [0.29, 0.717) is 18.1 Å². The summed E-state index contributed by atoms with van der Waals surface area (Å²) in [5, 5.41) is 0. The summed E-state index contributed by atoms with van der Waals surface area (Å²) in [5.74, 6) is 1.91. The number of rotatable bonds is 3. The Bertz CT molecular complexity index is 1020. The molecule has 6 nitrogen and oxygen atoms in total. The van der Waals surface area contributed by atoms with Crippen LogP contribution in [-0.4, -0.2) is 42.1 Å². The molecule has 2 aromatic carbocycles. The lowest BCUT2D eigenvalue weighted by Crippen LogP contribution is -2.41. The van der Waals surface area contributed by atoms with E-state index in [9.17, 15) is 4.79 Å². The number of fused-ring (bicyclic) bond motifs is 2. The van der Waals surface area contributed by atoms with Crippen LogP contribution in [0.4, 0.5) is 11.6 Å². The Balaban J connectivity index is 1.68. The van der Waals surface area contributed by atoms with E-state index in [0.717, 1.165) is 35.4 Å². The van der Waals surface area contributed by atoms with Gasteiger partial charge in [0.15, 0.2) is 17.7 Å². The van der Waals surface area contributed by atoms with Crippen molar-refractivity contribution in [2.24, 2.45) is 0 Å². The van der Waals surface area contributed by atoms with Crippen molar-refractivity contribution in [2.45, 2.75) is 26.4 Å². The van der Waals surface area contributed by atoms with Crippen LogP contribution in [0.2, 0.25) is 0 Å². The molecule has 0 fully saturated rings. The van der Waals surface area contributed by atoms with Gasteiger partial charge in [-0.1, -0.05) is 24.3 Å². The largest absolute Gasteiger partial charge is 0.481 e. The SMILES string of the molecule is Cc1cccc(O[C@@H](C)C(=O)N2CCCN(C)c3nc4ccccc4nc32)c1. The van der Waals surface area contributed by atoms with Crippen molar-refractivity contribution >= 4 is 28.6 Å². The highest BCUT2D eigenvalue weighted by atomic mass is 16.5. The molecule has 1 aliphatic rings. The van der Waals surface area contributed by atoms with Crippen LogP contribution in [0.1, 0.15) is 18.9 Å². The zero-order valence-electron chi connectivity index (χ0n) is 16.4. The second-order valence-electron chi connectivity index (χ2n) is 7.20. The van der Waals surface area contributed by atoms with Gasteiger partial charge in [0.05, 0.1) is 11.0 Å². The van der Waals surface area contributed by atoms with Crippen molar-refractivity contribution in [3.05, 3.63) is 54.1 Å². The van der Waals surface area contributed by atoms with Gasteiger partial charge in [-0.3, -0.25) is 9.69 Å². The molecular weight excluding hydrogens is 352 g/mol. The van der Waals surface area contributed by atoms with Crippen LogP contribution in [0.5, 0.6) is 5.75 Å². The van der Waals surface area contributed by atoms with Crippen LogP contribution >= 0.6 is 0 Å². The average molecular weight is 376 g/mol. The van der Waals surface area contributed by atoms with Gasteiger partial charge < -0.3 is 9.64 Å². The number of benzene rings is 2. The van der Waals surface area contributed by atoms with E-state index in [1.165, 1.54) is 0 Å². The first-order valence-electron chi connectivity index (χ1n) is 9.55. The summed E-state index contributed by atoms with van der Waals surface area (Å²) in [6.07, 6.45) is 0.222. The molecule has 0 radical (unpaired) electrons. The Morgan fingerprint density at radius 3 is 2.46 bits per heavy atom. The van der Waals surface area contributed by atoms with Gasteiger partial charge in [-0.2, -0.15) is 0 Å². The first kappa shape index (κ1) is 18.2. The van der Waals surface area contributed by atoms with Crippen molar-refractivity contribution < 1.29 is 9.53 Å². The molecule has 1 amide bonds. The summed E-state index contributed by atoms with van der Waals surface area (Å²) in [7, 11) is 1.99. The van der Waals surface area contributed by atoms with E-state index in [-0.39, 0.29) is 5.91 Å². The molecule has 28 heavy (non-hydrogen) atoms. The Morgan fingerprint density at radius 1 is 1.04 bits per heavy atom. The van der Waals surface area contributed by atoms with Crippen molar-refractivity contribution in [2.75, 3.05) is 29.9 Å². The third kappa shape index (κ3) is 3.50. The number of carbonyl (C=O) groups is 1. The van der Waals surface area contributed by atoms with E-state index < -0.39 is 6.10 Å². The van der Waals surface area contributed by atoms with Crippen LogP contribution < -0.4 is 14.5 Å². The molecule has 6 heteroatoms. The lowest BCUT2D eigenvalue weighted by Gasteiger charge is -2.25. The monoisotopic (exact) mass is 376 g/mol. The summed E-state index contributed by atoms with van der Waals surface area (Å²) >= 11 is 0. The van der Waals surface area contributed by atoms with Crippen LogP contribution in [0.3, 0.4) is 0 Å². The van der Waals surface area contributed by atoms with Crippen molar-refractivity contribution in [3.8, 4) is 5.75 Å². The Hall–Kier alpha value is -3.15. The smallest absolute Gasteiger partial charge is 0.269 e. The van der Waals surface area contributed by atoms with E-state index in [2.05, 4.69) is 4.90 Å². The minimum atomic E-state index is -0.619. The quantitative estimate of drug-likeness (QED) is 0.699. The van der Waals surface area contributed by atoms with Gasteiger partial charge in [0, 0.05) is 20.1 Å². The number of aryl methyl sites for hydroxylation is 1. The maximum Gasteiger partial charge on any atom is 0.269 e. The number of aromatic nitrogens is 2. The van der Waals surface area contributed by atoms with Crippen LogP contribution in [-0.2, 0) is 4.79 Å². The number of carbonyl (C=O) groups excluding carboxylic acids is 1. The molecule has 0 saturated carbocycles. The normalized spacial score (nSPS) is 15.1. The number of hydrogen-bond donors (Lipinski definition) is 0. The van der Waals surface area contributed by atoms with Crippen LogP contribution in [0, 0.1) is 6.92 Å². The van der Waals surface area contributed by atoms with E-state index in [1.807, 2.05) is 62.5 Å². The highest BCUT2D eigenvalue weighted by molar-refractivity contribution is 5.99. The van der Waals surface area contributed by atoms with Crippen molar-refractivity contribution in [3.63, 3.8) is 0 Å². The van der Waals surface area contributed by atoms with E-state index in [1.54, 1.807) is 11.8 Å². The Kier molecular flexibility index (Phi) is 4.86. The number of para-hydroxylation sites is 2. The fourth-order valence-corrected chi connectivity index (χ4v) is 3.47. The third-order valence-electron chi connectivity index (χ3n) is 4.94. The first-order chi connectivity index (χ1) is 13.5. The molecule has 1 aliphatic heterocycles. The van der Waals surface area contributed by atoms with Crippen molar-refractivity contribution in [1.29, 1.82) is 0 Å². The summed E-state index contributed by atoms with van der Waals surface area (Å²) in [4.78, 5) is 26.6. The van der Waals surface area contributed by atoms with Gasteiger partial charge in [-0.05, 0) is 50.1 Å². The zero-order chi connectivity index (χ0) is 19.7. The first-order valence-corrected chi connectivity index (χ1v) is 9.55. The number of nitrogens with zero attached hydrogens (tertiary/aromatic N) is 4. The molecule has 0 unspecified atom stereocenters. The minimum Gasteiger partial charge on any atom is -0.481 e. The van der Waals surface area contributed by atoms with Crippen LogP contribution in [0.15, 0.2) is 48.5 Å². The van der Waals surface area contributed by atoms with E-state index in [4.69, 9.17) is 14.7 Å².